The van der Waals surface area contributed by atoms with Crippen LogP contribution in [0.1, 0.15) is 72.6 Å². The SMILES string of the molecule is CCCCC(C)COc1ccc(OCC(CC)CCCC)cc1. The third-order valence-corrected chi connectivity index (χ3v) is 4.44. The minimum atomic E-state index is 0.620. The average Bonchev–Trinajstić information content (AvgIpc) is 2.59. The van der Waals surface area contributed by atoms with Gasteiger partial charge >= 0.3 is 0 Å². The molecule has 2 atom stereocenters. The molecule has 0 N–H and O–H groups in total. The van der Waals surface area contributed by atoms with Crippen molar-refractivity contribution in [1.82, 2.24) is 0 Å². The summed E-state index contributed by atoms with van der Waals surface area (Å²) < 4.78 is 11.8. The van der Waals surface area contributed by atoms with Crippen molar-refractivity contribution in [2.75, 3.05) is 13.2 Å². The van der Waals surface area contributed by atoms with Crippen LogP contribution in [0.15, 0.2) is 24.3 Å². The van der Waals surface area contributed by atoms with Crippen LogP contribution in [0, 0.1) is 11.8 Å². The zero-order valence-electron chi connectivity index (χ0n) is 15.6. The second-order valence-corrected chi connectivity index (χ2v) is 6.76. The van der Waals surface area contributed by atoms with Crippen LogP contribution < -0.4 is 9.47 Å². The fraction of sp³-hybridized carbons (Fsp3) is 0.714. The third-order valence-electron chi connectivity index (χ3n) is 4.44. The van der Waals surface area contributed by atoms with E-state index in [1.54, 1.807) is 0 Å². The van der Waals surface area contributed by atoms with E-state index < -0.39 is 0 Å². The molecule has 1 rings (SSSR count). The molecule has 2 heteroatoms. The predicted octanol–water partition coefficient (Wildman–Crippen LogP) is 6.49. The molecule has 23 heavy (non-hydrogen) atoms. The molecular formula is C21H36O2. The first-order valence-electron chi connectivity index (χ1n) is 9.55. The first-order valence-corrected chi connectivity index (χ1v) is 9.55. The van der Waals surface area contributed by atoms with E-state index in [4.69, 9.17) is 9.47 Å². The van der Waals surface area contributed by atoms with Crippen molar-refractivity contribution in [3.05, 3.63) is 24.3 Å². The molecule has 0 aliphatic heterocycles. The first kappa shape index (κ1) is 19.9. The van der Waals surface area contributed by atoms with Gasteiger partial charge in [0, 0.05) is 0 Å². The van der Waals surface area contributed by atoms with E-state index in [1.165, 1.54) is 44.9 Å². The number of hydrogen-bond donors (Lipinski definition) is 0. The van der Waals surface area contributed by atoms with Crippen LogP contribution in [0.25, 0.3) is 0 Å². The van der Waals surface area contributed by atoms with Crippen molar-refractivity contribution in [3.63, 3.8) is 0 Å². The molecular weight excluding hydrogens is 284 g/mol. The van der Waals surface area contributed by atoms with Crippen LogP contribution in [0.2, 0.25) is 0 Å². The molecule has 0 aliphatic rings. The van der Waals surface area contributed by atoms with Gasteiger partial charge in [-0.15, -0.1) is 0 Å². The number of rotatable bonds is 13. The minimum absolute atomic E-state index is 0.620. The van der Waals surface area contributed by atoms with Crippen LogP contribution in [-0.4, -0.2) is 13.2 Å². The van der Waals surface area contributed by atoms with E-state index in [1.807, 2.05) is 24.3 Å². The highest BCUT2D eigenvalue weighted by Crippen LogP contribution is 2.21. The second-order valence-electron chi connectivity index (χ2n) is 6.76. The summed E-state index contributed by atoms with van der Waals surface area (Å²) >= 11 is 0. The van der Waals surface area contributed by atoms with Crippen LogP contribution in [0.4, 0.5) is 0 Å². The maximum atomic E-state index is 5.93. The Morgan fingerprint density at radius 3 is 1.83 bits per heavy atom. The summed E-state index contributed by atoms with van der Waals surface area (Å²) in [5.74, 6) is 3.19. The highest BCUT2D eigenvalue weighted by Gasteiger charge is 2.07. The van der Waals surface area contributed by atoms with Gasteiger partial charge in [-0.3, -0.25) is 0 Å². The Kier molecular flexibility index (Phi) is 10.6. The molecule has 0 spiro atoms. The zero-order chi connectivity index (χ0) is 16.9. The van der Waals surface area contributed by atoms with Crippen molar-refractivity contribution in [1.29, 1.82) is 0 Å². The third kappa shape index (κ3) is 8.88. The van der Waals surface area contributed by atoms with Crippen LogP contribution in [-0.2, 0) is 0 Å². The van der Waals surface area contributed by atoms with Gasteiger partial charge in [0.05, 0.1) is 13.2 Å². The van der Waals surface area contributed by atoms with Crippen molar-refractivity contribution < 1.29 is 9.47 Å². The second kappa shape index (κ2) is 12.3. The summed E-state index contributed by atoms with van der Waals surface area (Å²) in [6.45, 7) is 10.6. The van der Waals surface area contributed by atoms with Crippen molar-refractivity contribution >= 4 is 0 Å². The Bertz CT molecular complexity index is 385. The van der Waals surface area contributed by atoms with Gasteiger partial charge in [-0.2, -0.15) is 0 Å². The van der Waals surface area contributed by atoms with Gasteiger partial charge < -0.3 is 9.47 Å². The Labute approximate surface area is 143 Å². The smallest absolute Gasteiger partial charge is 0.119 e. The molecule has 1 aromatic carbocycles. The maximum Gasteiger partial charge on any atom is 0.119 e. The van der Waals surface area contributed by atoms with Gasteiger partial charge in [0.25, 0.3) is 0 Å². The van der Waals surface area contributed by atoms with Gasteiger partial charge in [0.15, 0.2) is 0 Å². The molecule has 0 fully saturated rings. The van der Waals surface area contributed by atoms with E-state index in [9.17, 15) is 0 Å². The van der Waals surface area contributed by atoms with Gasteiger partial charge in [-0.25, -0.2) is 0 Å². The molecule has 132 valence electrons. The fourth-order valence-electron chi connectivity index (χ4n) is 2.62. The molecule has 0 saturated heterocycles. The van der Waals surface area contributed by atoms with Crippen molar-refractivity contribution in [2.24, 2.45) is 11.8 Å². The molecule has 0 heterocycles. The molecule has 0 radical (unpaired) electrons. The predicted molar refractivity (Wildman–Crippen MR) is 99.4 cm³/mol. The van der Waals surface area contributed by atoms with E-state index in [2.05, 4.69) is 27.7 Å². The number of unbranched alkanes of at least 4 members (excludes halogenated alkanes) is 2. The largest absolute Gasteiger partial charge is 0.493 e. The van der Waals surface area contributed by atoms with Gasteiger partial charge in [-0.05, 0) is 48.9 Å². The maximum absolute atomic E-state index is 5.93. The Hall–Kier alpha value is -1.18. The number of hydrogen-bond acceptors (Lipinski definition) is 2. The summed E-state index contributed by atoms with van der Waals surface area (Å²) in [6, 6.07) is 8.10. The number of benzene rings is 1. The van der Waals surface area contributed by atoms with Crippen LogP contribution in [0.5, 0.6) is 11.5 Å². The van der Waals surface area contributed by atoms with Gasteiger partial charge in [0.2, 0.25) is 0 Å². The lowest BCUT2D eigenvalue weighted by Gasteiger charge is -2.16. The summed E-state index contributed by atoms with van der Waals surface area (Å²) in [5, 5.41) is 0. The summed E-state index contributed by atoms with van der Waals surface area (Å²) in [6.07, 6.45) is 8.81. The summed E-state index contributed by atoms with van der Waals surface area (Å²) in [7, 11) is 0. The summed E-state index contributed by atoms with van der Waals surface area (Å²) in [5.41, 5.74) is 0. The van der Waals surface area contributed by atoms with Crippen LogP contribution in [0.3, 0.4) is 0 Å². The lowest BCUT2D eigenvalue weighted by molar-refractivity contribution is 0.231. The quantitative estimate of drug-likeness (QED) is 0.414. The standard InChI is InChI=1S/C21H36O2/c1-5-8-10-18(4)16-22-20-12-14-21(15-13-20)23-17-19(7-3)11-9-6-2/h12-15,18-19H,5-11,16-17H2,1-4H3. The molecule has 0 aliphatic carbocycles. The molecule has 0 saturated carbocycles. The Morgan fingerprint density at radius 2 is 1.30 bits per heavy atom. The zero-order valence-corrected chi connectivity index (χ0v) is 15.6. The first-order chi connectivity index (χ1) is 11.2. The van der Waals surface area contributed by atoms with E-state index >= 15 is 0 Å². The minimum Gasteiger partial charge on any atom is -0.493 e. The van der Waals surface area contributed by atoms with E-state index in [0.29, 0.717) is 11.8 Å². The number of ether oxygens (including phenoxy) is 2. The van der Waals surface area contributed by atoms with Gasteiger partial charge in [0.1, 0.15) is 11.5 Å². The van der Waals surface area contributed by atoms with Crippen LogP contribution >= 0.6 is 0 Å². The molecule has 1 aromatic rings. The monoisotopic (exact) mass is 320 g/mol. The normalized spacial score (nSPS) is 13.6. The molecule has 2 unspecified atom stereocenters. The topological polar surface area (TPSA) is 18.5 Å². The van der Waals surface area contributed by atoms with Crippen molar-refractivity contribution in [2.45, 2.75) is 72.6 Å². The van der Waals surface area contributed by atoms with Gasteiger partial charge in [-0.1, -0.05) is 59.8 Å². The summed E-state index contributed by atoms with van der Waals surface area (Å²) in [4.78, 5) is 0. The lowest BCUT2D eigenvalue weighted by Crippen LogP contribution is -2.11. The molecule has 0 bridgehead atoms. The lowest BCUT2D eigenvalue weighted by atomic mass is 10.0. The van der Waals surface area contributed by atoms with Crippen molar-refractivity contribution in [3.8, 4) is 11.5 Å². The molecule has 2 nitrogen and oxygen atoms in total. The Balaban J connectivity index is 2.32. The molecule has 0 aromatic heterocycles. The fourth-order valence-corrected chi connectivity index (χ4v) is 2.62. The Morgan fingerprint density at radius 1 is 0.783 bits per heavy atom. The molecule has 0 amide bonds. The average molecular weight is 321 g/mol. The highest BCUT2D eigenvalue weighted by molar-refractivity contribution is 5.31. The highest BCUT2D eigenvalue weighted by atomic mass is 16.5. The van der Waals surface area contributed by atoms with E-state index in [-0.39, 0.29) is 0 Å². The van der Waals surface area contributed by atoms with E-state index in [0.717, 1.165) is 24.7 Å².